The molecule has 2 aromatic rings. The highest BCUT2D eigenvalue weighted by atomic mass is 16.6. The molecule has 0 radical (unpaired) electrons. The van der Waals surface area contributed by atoms with Gasteiger partial charge in [0, 0.05) is 32.5 Å². The first kappa shape index (κ1) is 55.7. The Morgan fingerprint density at radius 3 is 1.86 bits per heavy atom. The summed E-state index contributed by atoms with van der Waals surface area (Å²) in [5.74, 6) is -6.25. The Bertz CT molecular complexity index is 2060. The number of nitrogens with one attached hydrogen (secondary N) is 3. The quantitative estimate of drug-likeness (QED) is 0.0954. The summed E-state index contributed by atoms with van der Waals surface area (Å²) in [5.41, 5.74) is 1.53. The molecule has 10 atom stereocenters. The molecular weight excluding hydrogens is 889 g/mol. The number of carbonyl (C=O) groups excluding carboxylic acids is 8. The average Bonchev–Trinajstić information content (AvgIpc) is 4.06. The van der Waals surface area contributed by atoms with E-state index in [2.05, 4.69) is 16.0 Å². The number of aliphatic hydroxyl groups is 2. The maximum Gasteiger partial charge on any atom is 0.336 e. The number of likely N-dealkylation sites (N-methyl/N-ethyl adjacent to an activating group) is 1. The number of nitrogens with zero attached hydrogens (tertiary/aromatic N) is 3. The minimum atomic E-state index is -1.46. The second-order valence-electron chi connectivity index (χ2n) is 18.8. The highest BCUT2D eigenvalue weighted by Crippen LogP contribution is 2.26. The van der Waals surface area contributed by atoms with E-state index in [-0.39, 0.29) is 19.4 Å². The average molecular weight is 963 g/mol. The molecule has 4 rings (SSSR count). The van der Waals surface area contributed by atoms with Crippen molar-refractivity contribution in [3.8, 4) is 0 Å². The molecule has 2 saturated heterocycles. The third-order valence-corrected chi connectivity index (χ3v) is 13.5. The lowest BCUT2D eigenvalue weighted by molar-refractivity contribution is -0.173. The van der Waals surface area contributed by atoms with Crippen LogP contribution in [0.5, 0.6) is 0 Å². The predicted molar refractivity (Wildman–Crippen MR) is 255 cm³/mol. The Labute approximate surface area is 406 Å². The van der Waals surface area contributed by atoms with Gasteiger partial charge in [-0.05, 0) is 61.5 Å². The molecule has 2 aliphatic rings. The summed E-state index contributed by atoms with van der Waals surface area (Å²) in [5, 5.41) is 30.3. The summed E-state index contributed by atoms with van der Waals surface area (Å²) in [6.45, 7) is 10.5. The number of hydrogen-bond acceptors (Lipinski definition) is 12. The van der Waals surface area contributed by atoms with Gasteiger partial charge in [-0.3, -0.25) is 28.8 Å². The van der Waals surface area contributed by atoms with Gasteiger partial charge in [0.15, 0.2) is 12.2 Å². The van der Waals surface area contributed by atoms with Crippen molar-refractivity contribution >= 4 is 47.4 Å². The van der Waals surface area contributed by atoms with Crippen molar-refractivity contribution < 1.29 is 58.0 Å². The van der Waals surface area contributed by atoms with Gasteiger partial charge in [0.1, 0.15) is 24.2 Å². The van der Waals surface area contributed by atoms with E-state index in [1.54, 1.807) is 52.0 Å². The minimum absolute atomic E-state index is 0.113. The van der Waals surface area contributed by atoms with Crippen LogP contribution in [0.25, 0.3) is 0 Å². The molecule has 0 bridgehead atoms. The number of esters is 2. The minimum Gasteiger partial charge on any atom is -0.467 e. The first-order chi connectivity index (χ1) is 32.8. The van der Waals surface area contributed by atoms with Crippen LogP contribution in [-0.4, -0.2) is 155 Å². The van der Waals surface area contributed by atoms with Gasteiger partial charge in [-0.1, -0.05) is 109 Å². The van der Waals surface area contributed by atoms with Crippen molar-refractivity contribution in [2.24, 2.45) is 17.8 Å². The van der Waals surface area contributed by atoms with Crippen molar-refractivity contribution in [2.75, 3.05) is 33.8 Å². The Kier molecular flexibility index (Phi) is 21.6. The van der Waals surface area contributed by atoms with Gasteiger partial charge in [0.2, 0.25) is 29.5 Å². The number of hydrogen-bond donors (Lipinski definition) is 5. The lowest BCUT2D eigenvalue weighted by atomic mass is 9.96. The highest BCUT2D eigenvalue weighted by molar-refractivity contribution is 5.94. The summed E-state index contributed by atoms with van der Waals surface area (Å²) >= 11 is 0. The zero-order valence-corrected chi connectivity index (χ0v) is 41.4. The molecule has 18 heteroatoms. The smallest absolute Gasteiger partial charge is 0.336 e. The topological polar surface area (TPSA) is 241 Å². The number of ether oxygens (including phenoxy) is 2. The Balaban J connectivity index is 1.46. The lowest BCUT2D eigenvalue weighted by Gasteiger charge is -2.33. The molecular formula is C51H74N6O12. The van der Waals surface area contributed by atoms with Crippen LogP contribution in [0.15, 0.2) is 60.7 Å². The molecule has 0 saturated carbocycles. The number of carbonyl (C=O) groups is 8. The highest BCUT2D eigenvalue weighted by Gasteiger charge is 2.43. The van der Waals surface area contributed by atoms with Crippen molar-refractivity contribution in [3.63, 3.8) is 0 Å². The molecule has 0 aliphatic carbocycles. The van der Waals surface area contributed by atoms with Crippen LogP contribution in [-0.2, 0) is 60.7 Å². The first-order valence-electron chi connectivity index (χ1n) is 24.3. The number of methoxy groups -OCH3 is 1. The third-order valence-electron chi connectivity index (χ3n) is 13.5. The van der Waals surface area contributed by atoms with Crippen molar-refractivity contribution in [2.45, 2.75) is 148 Å². The first-order valence-corrected chi connectivity index (χ1v) is 24.3. The van der Waals surface area contributed by atoms with Gasteiger partial charge in [-0.25, -0.2) is 9.59 Å². The van der Waals surface area contributed by atoms with Gasteiger partial charge in [-0.2, -0.15) is 0 Å². The fraction of sp³-hybridized carbons (Fsp3) is 0.608. The molecule has 10 unspecified atom stereocenters. The third kappa shape index (κ3) is 15.3. The van der Waals surface area contributed by atoms with Gasteiger partial charge in [-0.15, -0.1) is 0 Å². The van der Waals surface area contributed by atoms with E-state index >= 15 is 0 Å². The second kappa shape index (κ2) is 26.8. The molecule has 6 amide bonds. The van der Waals surface area contributed by atoms with E-state index in [1.165, 1.54) is 28.9 Å². The maximum atomic E-state index is 14.1. The van der Waals surface area contributed by atoms with E-state index in [0.29, 0.717) is 45.1 Å². The molecule has 5 N–H and O–H groups in total. The van der Waals surface area contributed by atoms with Gasteiger partial charge in [0.25, 0.3) is 5.91 Å². The largest absolute Gasteiger partial charge is 0.467 e. The van der Waals surface area contributed by atoms with Crippen LogP contribution >= 0.6 is 0 Å². The SMILES string of the molecule is CCC(C)C(NC(=O)CC(O)C(Cc1ccccc1)NC(=O)C1CCCN1C(=O)C(OC(=O)C(O)C(C)C)C(C)CC)C(=O)NCC(=O)N(C)C(Cc1ccccc1)C(=O)N1CCCC1C(=O)OC. The fourth-order valence-electron chi connectivity index (χ4n) is 8.66. The summed E-state index contributed by atoms with van der Waals surface area (Å²) in [7, 11) is 2.72. The monoisotopic (exact) mass is 963 g/mol. The van der Waals surface area contributed by atoms with Crippen molar-refractivity contribution in [3.05, 3.63) is 71.8 Å². The van der Waals surface area contributed by atoms with Crippen molar-refractivity contribution in [1.82, 2.24) is 30.7 Å². The Hall–Kier alpha value is -5.88. The number of amides is 6. The fourth-order valence-corrected chi connectivity index (χ4v) is 8.66. The van der Waals surface area contributed by atoms with Gasteiger partial charge >= 0.3 is 11.9 Å². The van der Waals surface area contributed by atoms with Crippen LogP contribution in [0.4, 0.5) is 0 Å². The zero-order chi connectivity index (χ0) is 50.9. The zero-order valence-electron chi connectivity index (χ0n) is 41.4. The lowest BCUT2D eigenvalue weighted by Crippen LogP contribution is -2.57. The molecule has 0 spiro atoms. The summed E-state index contributed by atoms with van der Waals surface area (Å²) < 4.78 is 10.5. The van der Waals surface area contributed by atoms with Crippen LogP contribution < -0.4 is 16.0 Å². The van der Waals surface area contributed by atoms with Crippen LogP contribution in [0, 0.1) is 17.8 Å². The van der Waals surface area contributed by atoms with E-state index in [9.17, 15) is 48.6 Å². The molecule has 0 aromatic heterocycles. The molecule has 2 fully saturated rings. The number of likely N-dealkylation sites (tertiary alicyclic amines) is 2. The van der Waals surface area contributed by atoms with E-state index < -0.39 is 127 Å². The van der Waals surface area contributed by atoms with Crippen LogP contribution in [0.1, 0.15) is 97.6 Å². The molecule has 2 aromatic carbocycles. The Morgan fingerprint density at radius 2 is 1.30 bits per heavy atom. The summed E-state index contributed by atoms with van der Waals surface area (Å²) in [6.07, 6.45) is -1.66. The standard InChI is InChI=1S/C51H74N6O12/c1-9-32(5)43(47(63)52-30-42(60)55(7)39(28-35-21-15-12-16-22-35)48(64)57-26-18-24-38(57)50(66)68-8)54-41(59)29-40(58)36(27-34-19-13-11-14-20-34)53-46(62)37-23-17-25-56(37)49(65)45(33(6)10-2)69-51(67)44(61)31(3)4/h11-16,19-22,31-33,36-40,43-45,58,61H,9-10,17-18,23-30H2,1-8H3,(H,52,63)(H,53,62)(H,54,59). The van der Waals surface area contributed by atoms with Crippen LogP contribution in [0.2, 0.25) is 0 Å². The van der Waals surface area contributed by atoms with Gasteiger partial charge < -0.3 is 50.3 Å². The van der Waals surface area contributed by atoms with E-state index in [1.807, 2.05) is 50.2 Å². The maximum absolute atomic E-state index is 14.1. The molecule has 380 valence electrons. The molecule has 18 nitrogen and oxygen atoms in total. The van der Waals surface area contributed by atoms with E-state index in [4.69, 9.17) is 9.47 Å². The molecule has 2 heterocycles. The second-order valence-corrected chi connectivity index (χ2v) is 18.8. The number of rotatable bonds is 24. The normalized spacial score (nSPS) is 19.2. The number of aliphatic hydroxyl groups excluding tert-OH is 2. The summed E-state index contributed by atoms with van der Waals surface area (Å²) in [4.78, 5) is 113. The summed E-state index contributed by atoms with van der Waals surface area (Å²) in [6, 6.07) is 13.2. The predicted octanol–water partition coefficient (Wildman–Crippen LogP) is 2.31. The Morgan fingerprint density at radius 1 is 0.754 bits per heavy atom. The van der Waals surface area contributed by atoms with Crippen molar-refractivity contribution in [1.29, 1.82) is 0 Å². The molecule has 2 aliphatic heterocycles. The van der Waals surface area contributed by atoms with E-state index in [0.717, 1.165) is 11.1 Å². The molecule has 69 heavy (non-hydrogen) atoms. The van der Waals surface area contributed by atoms with Gasteiger partial charge in [0.05, 0.1) is 32.2 Å². The number of benzene rings is 2. The van der Waals surface area contributed by atoms with Crippen LogP contribution in [0.3, 0.4) is 0 Å².